The molecule has 86 valence electrons. The SMILES string of the molecule is C[C@H](N)C(=O)NC1CCc2ccccc2C1. The molecule has 3 heteroatoms. The Labute approximate surface area is 96.0 Å². The van der Waals surface area contributed by atoms with Crippen LogP contribution in [0.25, 0.3) is 0 Å². The summed E-state index contributed by atoms with van der Waals surface area (Å²) in [6.45, 7) is 1.71. The van der Waals surface area contributed by atoms with Crippen molar-refractivity contribution >= 4 is 5.91 Å². The first-order valence-corrected chi connectivity index (χ1v) is 5.79. The molecule has 0 spiro atoms. The molecule has 0 fully saturated rings. The lowest BCUT2D eigenvalue weighted by atomic mass is 9.88. The predicted molar refractivity (Wildman–Crippen MR) is 64.0 cm³/mol. The van der Waals surface area contributed by atoms with E-state index in [0.717, 1.165) is 19.3 Å². The number of rotatable bonds is 2. The zero-order chi connectivity index (χ0) is 11.5. The number of aryl methyl sites for hydroxylation is 1. The number of fused-ring (bicyclic) bond motifs is 1. The molecule has 1 amide bonds. The molecule has 1 aliphatic carbocycles. The van der Waals surface area contributed by atoms with E-state index in [2.05, 4.69) is 29.6 Å². The summed E-state index contributed by atoms with van der Waals surface area (Å²) in [4.78, 5) is 11.5. The lowest BCUT2D eigenvalue weighted by Crippen LogP contribution is -2.45. The molecule has 3 nitrogen and oxygen atoms in total. The Morgan fingerprint density at radius 3 is 2.81 bits per heavy atom. The van der Waals surface area contributed by atoms with Crippen molar-refractivity contribution < 1.29 is 4.79 Å². The van der Waals surface area contributed by atoms with Crippen LogP contribution in [0.1, 0.15) is 24.5 Å². The van der Waals surface area contributed by atoms with Crippen LogP contribution in [0.3, 0.4) is 0 Å². The van der Waals surface area contributed by atoms with Crippen molar-refractivity contribution in [3.63, 3.8) is 0 Å². The van der Waals surface area contributed by atoms with Crippen LogP contribution in [0, 0.1) is 0 Å². The number of carbonyl (C=O) groups excluding carboxylic acids is 1. The van der Waals surface area contributed by atoms with Crippen LogP contribution in [0.4, 0.5) is 0 Å². The average Bonchev–Trinajstić information content (AvgIpc) is 2.28. The Bertz CT molecular complexity index is 387. The Morgan fingerprint density at radius 2 is 2.12 bits per heavy atom. The van der Waals surface area contributed by atoms with Gasteiger partial charge in [0.1, 0.15) is 0 Å². The smallest absolute Gasteiger partial charge is 0.236 e. The van der Waals surface area contributed by atoms with Gasteiger partial charge in [-0.3, -0.25) is 4.79 Å². The number of amides is 1. The molecular formula is C13H18N2O. The number of carbonyl (C=O) groups is 1. The highest BCUT2D eigenvalue weighted by molar-refractivity contribution is 5.81. The van der Waals surface area contributed by atoms with E-state index in [4.69, 9.17) is 5.73 Å². The monoisotopic (exact) mass is 218 g/mol. The van der Waals surface area contributed by atoms with Gasteiger partial charge >= 0.3 is 0 Å². The van der Waals surface area contributed by atoms with Gasteiger partial charge in [-0.15, -0.1) is 0 Å². The first-order valence-electron chi connectivity index (χ1n) is 5.79. The van der Waals surface area contributed by atoms with Gasteiger partial charge in [-0.25, -0.2) is 0 Å². The lowest BCUT2D eigenvalue weighted by molar-refractivity contribution is -0.122. The van der Waals surface area contributed by atoms with Gasteiger partial charge in [0.15, 0.2) is 0 Å². The lowest BCUT2D eigenvalue weighted by Gasteiger charge is -2.26. The minimum atomic E-state index is -0.419. The Kier molecular flexibility index (Phi) is 3.25. The van der Waals surface area contributed by atoms with Crippen LogP contribution in [-0.4, -0.2) is 18.0 Å². The summed E-state index contributed by atoms with van der Waals surface area (Å²) in [5, 5.41) is 3.00. The molecule has 3 N–H and O–H groups in total. The minimum absolute atomic E-state index is 0.0515. The van der Waals surface area contributed by atoms with Crippen LogP contribution in [0.5, 0.6) is 0 Å². The standard InChI is InChI=1S/C13H18N2O/c1-9(14)13(16)15-12-7-6-10-4-2-3-5-11(10)8-12/h2-5,9,12H,6-8,14H2,1H3,(H,15,16)/t9-,12?/m0/s1. The molecule has 1 aromatic rings. The summed E-state index contributed by atoms with van der Waals surface area (Å²) in [6, 6.07) is 8.25. The first-order chi connectivity index (χ1) is 7.66. The Hall–Kier alpha value is -1.35. The molecular weight excluding hydrogens is 200 g/mol. The highest BCUT2D eigenvalue weighted by Gasteiger charge is 2.20. The molecule has 1 unspecified atom stereocenters. The highest BCUT2D eigenvalue weighted by Crippen LogP contribution is 2.20. The fourth-order valence-electron chi connectivity index (χ4n) is 2.15. The maximum absolute atomic E-state index is 11.5. The second kappa shape index (κ2) is 4.66. The van der Waals surface area contributed by atoms with Crippen molar-refractivity contribution in [2.75, 3.05) is 0 Å². The Morgan fingerprint density at radius 1 is 1.44 bits per heavy atom. The molecule has 0 radical (unpaired) electrons. The maximum atomic E-state index is 11.5. The van der Waals surface area contributed by atoms with E-state index in [1.807, 2.05) is 0 Å². The van der Waals surface area contributed by atoms with Crippen molar-refractivity contribution in [2.24, 2.45) is 5.73 Å². The summed E-state index contributed by atoms with van der Waals surface area (Å²) in [7, 11) is 0. The van der Waals surface area contributed by atoms with E-state index in [0.29, 0.717) is 0 Å². The quantitative estimate of drug-likeness (QED) is 0.778. The summed E-state index contributed by atoms with van der Waals surface area (Å²) in [6.07, 6.45) is 2.98. The number of hydrogen-bond donors (Lipinski definition) is 2. The third-order valence-electron chi connectivity index (χ3n) is 3.11. The number of hydrogen-bond acceptors (Lipinski definition) is 2. The first kappa shape index (κ1) is 11.1. The molecule has 0 aromatic heterocycles. The fourth-order valence-corrected chi connectivity index (χ4v) is 2.15. The summed E-state index contributed by atoms with van der Waals surface area (Å²) in [5.74, 6) is -0.0515. The van der Waals surface area contributed by atoms with E-state index in [-0.39, 0.29) is 11.9 Å². The largest absolute Gasteiger partial charge is 0.352 e. The van der Waals surface area contributed by atoms with E-state index >= 15 is 0 Å². The number of benzene rings is 1. The average molecular weight is 218 g/mol. The summed E-state index contributed by atoms with van der Waals surface area (Å²) >= 11 is 0. The normalized spacial score (nSPS) is 21.0. The van der Waals surface area contributed by atoms with E-state index in [9.17, 15) is 4.79 Å². The van der Waals surface area contributed by atoms with Gasteiger partial charge in [0.2, 0.25) is 5.91 Å². The summed E-state index contributed by atoms with van der Waals surface area (Å²) in [5.41, 5.74) is 8.30. The van der Waals surface area contributed by atoms with Crippen molar-refractivity contribution in [1.29, 1.82) is 0 Å². The third-order valence-corrected chi connectivity index (χ3v) is 3.11. The van der Waals surface area contributed by atoms with E-state index in [1.165, 1.54) is 11.1 Å². The maximum Gasteiger partial charge on any atom is 0.236 e. The molecule has 2 atom stereocenters. The zero-order valence-corrected chi connectivity index (χ0v) is 9.57. The fraction of sp³-hybridized carbons (Fsp3) is 0.462. The van der Waals surface area contributed by atoms with Crippen LogP contribution < -0.4 is 11.1 Å². The van der Waals surface area contributed by atoms with E-state index < -0.39 is 6.04 Å². The van der Waals surface area contributed by atoms with Gasteiger partial charge in [0, 0.05) is 6.04 Å². The second-order valence-corrected chi connectivity index (χ2v) is 4.51. The molecule has 2 rings (SSSR count). The van der Waals surface area contributed by atoms with Gasteiger partial charge in [0.25, 0.3) is 0 Å². The van der Waals surface area contributed by atoms with Gasteiger partial charge in [0.05, 0.1) is 6.04 Å². The molecule has 0 bridgehead atoms. The topological polar surface area (TPSA) is 55.1 Å². The molecule has 1 aromatic carbocycles. The van der Waals surface area contributed by atoms with Crippen LogP contribution in [0.15, 0.2) is 24.3 Å². The molecule has 1 aliphatic rings. The zero-order valence-electron chi connectivity index (χ0n) is 9.57. The molecule has 0 saturated heterocycles. The van der Waals surface area contributed by atoms with Gasteiger partial charge in [-0.2, -0.15) is 0 Å². The Balaban J connectivity index is 2.00. The number of nitrogens with two attached hydrogens (primary N) is 1. The molecule has 0 aliphatic heterocycles. The van der Waals surface area contributed by atoms with Crippen molar-refractivity contribution in [1.82, 2.24) is 5.32 Å². The van der Waals surface area contributed by atoms with Crippen molar-refractivity contribution in [3.05, 3.63) is 35.4 Å². The van der Waals surface area contributed by atoms with Crippen molar-refractivity contribution in [3.8, 4) is 0 Å². The van der Waals surface area contributed by atoms with Crippen molar-refractivity contribution in [2.45, 2.75) is 38.3 Å². The van der Waals surface area contributed by atoms with Crippen LogP contribution in [-0.2, 0) is 17.6 Å². The van der Waals surface area contributed by atoms with Gasteiger partial charge < -0.3 is 11.1 Å². The van der Waals surface area contributed by atoms with Crippen LogP contribution >= 0.6 is 0 Å². The molecule has 0 saturated carbocycles. The second-order valence-electron chi connectivity index (χ2n) is 4.51. The number of nitrogens with one attached hydrogen (secondary N) is 1. The third kappa shape index (κ3) is 2.42. The molecule has 0 heterocycles. The van der Waals surface area contributed by atoms with E-state index in [1.54, 1.807) is 6.92 Å². The predicted octanol–water partition coefficient (Wildman–Crippen LogP) is 1.01. The minimum Gasteiger partial charge on any atom is -0.352 e. The van der Waals surface area contributed by atoms with Crippen LogP contribution in [0.2, 0.25) is 0 Å². The molecule has 16 heavy (non-hydrogen) atoms. The highest BCUT2D eigenvalue weighted by atomic mass is 16.2. The van der Waals surface area contributed by atoms with Gasteiger partial charge in [-0.05, 0) is 37.3 Å². The van der Waals surface area contributed by atoms with Gasteiger partial charge in [-0.1, -0.05) is 24.3 Å². The summed E-state index contributed by atoms with van der Waals surface area (Å²) < 4.78 is 0.